The number of nitrogens with one attached hydrogen (secondary N) is 1. The Morgan fingerprint density at radius 2 is 1.81 bits per heavy atom. The first-order chi connectivity index (χ1) is 9.90. The molecule has 1 N–H and O–H groups in total. The Balaban J connectivity index is 2.08. The van der Waals surface area contributed by atoms with E-state index in [0.717, 1.165) is 5.56 Å². The summed E-state index contributed by atoms with van der Waals surface area (Å²) in [6.45, 7) is 4.62. The Bertz CT molecular complexity index is 653. The van der Waals surface area contributed by atoms with Gasteiger partial charge in [0.05, 0.1) is 10.6 Å². The van der Waals surface area contributed by atoms with E-state index >= 15 is 0 Å². The predicted octanol–water partition coefficient (Wildman–Crippen LogP) is 4.70. The van der Waals surface area contributed by atoms with Crippen molar-refractivity contribution in [1.29, 1.82) is 0 Å². The third-order valence-electron chi connectivity index (χ3n) is 3.42. The van der Waals surface area contributed by atoms with Crippen molar-refractivity contribution in [3.8, 4) is 0 Å². The summed E-state index contributed by atoms with van der Waals surface area (Å²) >= 11 is 12.1. The minimum absolute atomic E-state index is 0.171. The number of benzene rings is 2. The number of hydrogen-bond acceptors (Lipinski definition) is 1. The van der Waals surface area contributed by atoms with E-state index in [4.69, 9.17) is 23.2 Å². The second-order valence-electron chi connectivity index (χ2n) is 5.56. The molecule has 0 atom stereocenters. The highest BCUT2D eigenvalue weighted by Crippen LogP contribution is 2.25. The van der Waals surface area contributed by atoms with Crippen molar-refractivity contribution in [1.82, 2.24) is 5.32 Å². The van der Waals surface area contributed by atoms with Crippen LogP contribution < -0.4 is 5.32 Å². The first kappa shape index (κ1) is 15.9. The van der Waals surface area contributed by atoms with Gasteiger partial charge in [-0.2, -0.15) is 0 Å². The Kier molecular flexibility index (Phi) is 4.92. The molecule has 2 aromatic rings. The van der Waals surface area contributed by atoms with Crippen molar-refractivity contribution < 1.29 is 4.79 Å². The summed E-state index contributed by atoms with van der Waals surface area (Å²) in [5.74, 6) is -0.171. The molecule has 0 spiro atoms. The minimum atomic E-state index is -0.220. The first-order valence-electron chi connectivity index (χ1n) is 6.69. The fourth-order valence-corrected chi connectivity index (χ4v) is 2.47. The molecule has 0 aliphatic heterocycles. The van der Waals surface area contributed by atoms with Gasteiger partial charge in [0.2, 0.25) is 0 Å². The molecule has 0 saturated heterocycles. The Morgan fingerprint density at radius 3 is 2.48 bits per heavy atom. The van der Waals surface area contributed by atoms with Gasteiger partial charge < -0.3 is 5.32 Å². The quantitative estimate of drug-likeness (QED) is 0.868. The van der Waals surface area contributed by atoms with Crippen LogP contribution in [0, 0.1) is 0 Å². The normalized spacial score (nSPS) is 11.2. The van der Waals surface area contributed by atoms with Gasteiger partial charge >= 0.3 is 0 Å². The van der Waals surface area contributed by atoms with Gasteiger partial charge in [0, 0.05) is 17.0 Å². The fourth-order valence-electron chi connectivity index (χ4n) is 2.05. The predicted molar refractivity (Wildman–Crippen MR) is 88.3 cm³/mol. The molecule has 4 heteroatoms. The standard InChI is InChI=1S/C17H17Cl2NO/c1-17(2,12-6-5-7-13(18)10-12)11-20-16(21)14-8-3-4-9-15(14)19/h3-10H,11H2,1-2H3,(H,20,21). The van der Waals surface area contributed by atoms with Gasteiger partial charge in [-0.1, -0.05) is 61.3 Å². The van der Waals surface area contributed by atoms with Crippen LogP contribution in [-0.2, 0) is 5.41 Å². The van der Waals surface area contributed by atoms with E-state index in [9.17, 15) is 4.79 Å². The number of hydrogen-bond donors (Lipinski definition) is 1. The average molecular weight is 322 g/mol. The highest BCUT2D eigenvalue weighted by atomic mass is 35.5. The SMILES string of the molecule is CC(C)(CNC(=O)c1ccccc1Cl)c1cccc(Cl)c1. The van der Waals surface area contributed by atoms with Gasteiger partial charge in [0.25, 0.3) is 5.91 Å². The van der Waals surface area contributed by atoms with E-state index in [-0.39, 0.29) is 11.3 Å². The number of halogens is 2. The van der Waals surface area contributed by atoms with Crippen LogP contribution in [0.25, 0.3) is 0 Å². The van der Waals surface area contributed by atoms with Gasteiger partial charge in [0.1, 0.15) is 0 Å². The van der Waals surface area contributed by atoms with Crippen LogP contribution in [0.1, 0.15) is 29.8 Å². The van der Waals surface area contributed by atoms with E-state index in [1.165, 1.54) is 0 Å². The third kappa shape index (κ3) is 3.99. The van der Waals surface area contributed by atoms with Crippen molar-refractivity contribution in [2.45, 2.75) is 19.3 Å². The van der Waals surface area contributed by atoms with E-state index in [1.807, 2.05) is 24.3 Å². The monoisotopic (exact) mass is 321 g/mol. The van der Waals surface area contributed by atoms with Crippen LogP contribution in [0.5, 0.6) is 0 Å². The van der Waals surface area contributed by atoms with Gasteiger partial charge in [-0.05, 0) is 29.8 Å². The molecule has 21 heavy (non-hydrogen) atoms. The Morgan fingerprint density at radius 1 is 1.10 bits per heavy atom. The van der Waals surface area contributed by atoms with Crippen LogP contribution >= 0.6 is 23.2 Å². The summed E-state index contributed by atoms with van der Waals surface area (Å²) in [5, 5.41) is 4.08. The van der Waals surface area contributed by atoms with Gasteiger partial charge in [-0.15, -0.1) is 0 Å². The maximum absolute atomic E-state index is 12.2. The Hall–Kier alpha value is -1.51. The molecule has 0 aliphatic rings. The summed E-state index contributed by atoms with van der Waals surface area (Å²) in [4.78, 5) is 12.2. The number of rotatable bonds is 4. The lowest BCUT2D eigenvalue weighted by Gasteiger charge is -2.26. The zero-order chi connectivity index (χ0) is 15.5. The summed E-state index contributed by atoms with van der Waals surface area (Å²) in [5.41, 5.74) is 1.34. The van der Waals surface area contributed by atoms with Crippen molar-refractivity contribution >= 4 is 29.1 Å². The molecule has 2 nitrogen and oxygen atoms in total. The lowest BCUT2D eigenvalue weighted by atomic mass is 9.84. The number of amides is 1. The van der Waals surface area contributed by atoms with Crippen LogP contribution in [0.15, 0.2) is 48.5 Å². The molecule has 1 amide bonds. The third-order valence-corrected chi connectivity index (χ3v) is 3.98. The average Bonchev–Trinajstić information content (AvgIpc) is 2.45. The summed E-state index contributed by atoms with van der Waals surface area (Å²) in [7, 11) is 0. The molecular weight excluding hydrogens is 305 g/mol. The summed E-state index contributed by atoms with van der Waals surface area (Å²) in [6, 6.07) is 14.7. The maximum atomic E-state index is 12.2. The highest BCUT2D eigenvalue weighted by molar-refractivity contribution is 6.33. The van der Waals surface area contributed by atoms with E-state index < -0.39 is 0 Å². The molecule has 0 unspecified atom stereocenters. The molecule has 0 radical (unpaired) electrons. The van der Waals surface area contributed by atoms with Crippen molar-refractivity contribution in [3.05, 3.63) is 69.7 Å². The van der Waals surface area contributed by atoms with Crippen LogP contribution in [0.4, 0.5) is 0 Å². The summed E-state index contributed by atoms with van der Waals surface area (Å²) in [6.07, 6.45) is 0. The molecule has 0 fully saturated rings. The van der Waals surface area contributed by atoms with Crippen molar-refractivity contribution in [2.75, 3.05) is 6.54 Å². The second-order valence-corrected chi connectivity index (χ2v) is 6.40. The van der Waals surface area contributed by atoms with Crippen LogP contribution in [0.3, 0.4) is 0 Å². The van der Waals surface area contributed by atoms with Crippen molar-refractivity contribution in [3.63, 3.8) is 0 Å². The van der Waals surface area contributed by atoms with E-state index in [0.29, 0.717) is 22.2 Å². The minimum Gasteiger partial charge on any atom is -0.351 e. The van der Waals surface area contributed by atoms with Crippen molar-refractivity contribution in [2.24, 2.45) is 0 Å². The van der Waals surface area contributed by atoms with Gasteiger partial charge in [0.15, 0.2) is 0 Å². The largest absolute Gasteiger partial charge is 0.351 e. The Labute approximate surface area is 135 Å². The molecule has 0 aromatic heterocycles. The van der Waals surface area contributed by atoms with E-state index in [1.54, 1.807) is 24.3 Å². The summed E-state index contributed by atoms with van der Waals surface area (Å²) < 4.78 is 0. The maximum Gasteiger partial charge on any atom is 0.252 e. The molecular formula is C17H17Cl2NO. The lowest BCUT2D eigenvalue weighted by molar-refractivity contribution is 0.0946. The second kappa shape index (κ2) is 6.50. The zero-order valence-electron chi connectivity index (χ0n) is 12.0. The molecule has 0 heterocycles. The molecule has 0 saturated carbocycles. The molecule has 0 bridgehead atoms. The smallest absolute Gasteiger partial charge is 0.252 e. The number of carbonyl (C=O) groups excluding carboxylic acids is 1. The number of carbonyl (C=O) groups is 1. The molecule has 2 aromatic carbocycles. The van der Waals surface area contributed by atoms with E-state index in [2.05, 4.69) is 19.2 Å². The fraction of sp³-hybridized carbons (Fsp3) is 0.235. The molecule has 0 aliphatic carbocycles. The lowest BCUT2D eigenvalue weighted by Crippen LogP contribution is -2.36. The van der Waals surface area contributed by atoms with Crippen LogP contribution in [-0.4, -0.2) is 12.5 Å². The van der Waals surface area contributed by atoms with Gasteiger partial charge in [-0.3, -0.25) is 4.79 Å². The molecule has 110 valence electrons. The van der Waals surface area contributed by atoms with Crippen LogP contribution in [0.2, 0.25) is 10.0 Å². The highest BCUT2D eigenvalue weighted by Gasteiger charge is 2.22. The zero-order valence-corrected chi connectivity index (χ0v) is 13.5. The topological polar surface area (TPSA) is 29.1 Å². The first-order valence-corrected chi connectivity index (χ1v) is 7.44. The van der Waals surface area contributed by atoms with Gasteiger partial charge in [-0.25, -0.2) is 0 Å². The molecule has 2 rings (SSSR count).